The average Bonchev–Trinajstić information content (AvgIpc) is 3.41. The molecule has 1 amide bonds. The van der Waals surface area contributed by atoms with E-state index in [1.807, 2.05) is 55.6 Å². The number of nitrogens with zero attached hydrogens (tertiary/aromatic N) is 2. The van der Waals surface area contributed by atoms with E-state index in [2.05, 4.69) is 9.97 Å². The number of H-pyrrole nitrogens is 1. The summed E-state index contributed by atoms with van der Waals surface area (Å²) in [7, 11) is 0. The molecule has 2 aromatic carbocycles. The SMILES string of the molecule is Cc1ccc(C2C(=C(O)c3cccnc3)C(=O)C(=O)N2CCc2c[nH]c3cc(Cl)ccc23)cc1.O=C=O. The van der Waals surface area contributed by atoms with Crippen LogP contribution in [0.15, 0.2) is 78.8 Å². The fourth-order valence-corrected chi connectivity index (χ4v) is 4.64. The zero-order chi connectivity index (χ0) is 26.5. The predicted molar refractivity (Wildman–Crippen MR) is 136 cm³/mol. The molecule has 0 spiro atoms. The first-order valence-corrected chi connectivity index (χ1v) is 11.7. The summed E-state index contributed by atoms with van der Waals surface area (Å²) in [6.07, 6.45) is 5.74. The van der Waals surface area contributed by atoms with Gasteiger partial charge < -0.3 is 15.0 Å². The smallest absolute Gasteiger partial charge is 0.373 e. The van der Waals surface area contributed by atoms with E-state index >= 15 is 0 Å². The molecule has 1 saturated heterocycles. The third-order valence-corrected chi connectivity index (χ3v) is 6.45. The number of aromatic nitrogens is 2. The van der Waals surface area contributed by atoms with Gasteiger partial charge >= 0.3 is 6.15 Å². The Bertz CT molecular complexity index is 1520. The van der Waals surface area contributed by atoms with Gasteiger partial charge in [-0.15, -0.1) is 0 Å². The molecule has 1 unspecified atom stereocenters. The molecule has 0 saturated carbocycles. The maximum absolute atomic E-state index is 13.2. The van der Waals surface area contributed by atoms with Gasteiger partial charge in [0.15, 0.2) is 0 Å². The number of likely N-dealkylation sites (tertiary alicyclic amines) is 1. The lowest BCUT2D eigenvalue weighted by Crippen LogP contribution is -2.31. The second kappa shape index (κ2) is 11.0. The van der Waals surface area contributed by atoms with Gasteiger partial charge in [0.1, 0.15) is 5.76 Å². The van der Waals surface area contributed by atoms with E-state index in [9.17, 15) is 14.7 Å². The van der Waals surface area contributed by atoms with Crippen molar-refractivity contribution in [2.75, 3.05) is 6.54 Å². The molecule has 0 radical (unpaired) electrons. The van der Waals surface area contributed by atoms with Crippen LogP contribution >= 0.6 is 11.6 Å². The van der Waals surface area contributed by atoms with Crippen molar-refractivity contribution in [2.45, 2.75) is 19.4 Å². The highest BCUT2D eigenvalue weighted by molar-refractivity contribution is 6.46. The third-order valence-electron chi connectivity index (χ3n) is 6.22. The minimum Gasteiger partial charge on any atom is -0.507 e. The molecule has 4 aromatic rings. The third kappa shape index (κ3) is 5.21. The number of aryl methyl sites for hydroxylation is 1. The van der Waals surface area contributed by atoms with E-state index < -0.39 is 17.7 Å². The number of rotatable bonds is 5. The van der Waals surface area contributed by atoms with Crippen molar-refractivity contribution in [3.05, 3.63) is 106 Å². The Kier molecular flexibility index (Phi) is 7.63. The number of ketones is 1. The van der Waals surface area contributed by atoms with E-state index in [1.54, 1.807) is 23.2 Å². The number of carbonyl (C=O) groups is 2. The van der Waals surface area contributed by atoms with Crippen LogP contribution in [0.25, 0.3) is 16.7 Å². The summed E-state index contributed by atoms with van der Waals surface area (Å²) >= 11 is 6.09. The second-order valence-corrected chi connectivity index (χ2v) is 8.92. The number of pyridine rings is 1. The van der Waals surface area contributed by atoms with Gasteiger partial charge in [0.25, 0.3) is 11.7 Å². The number of halogens is 1. The van der Waals surface area contributed by atoms with Crippen LogP contribution in [0.1, 0.15) is 28.3 Å². The summed E-state index contributed by atoms with van der Waals surface area (Å²) in [6.45, 7) is 2.28. The number of carbonyl (C=O) groups excluding carboxylic acids is 4. The van der Waals surface area contributed by atoms with E-state index in [0.29, 0.717) is 23.6 Å². The quantitative estimate of drug-likeness (QED) is 0.227. The van der Waals surface area contributed by atoms with E-state index in [0.717, 1.165) is 27.6 Å². The predicted octanol–water partition coefficient (Wildman–Crippen LogP) is 4.61. The van der Waals surface area contributed by atoms with Crippen LogP contribution in [-0.2, 0) is 25.6 Å². The molecular formula is C28H22ClN3O5. The first kappa shape index (κ1) is 25.6. The first-order valence-electron chi connectivity index (χ1n) is 11.4. The minimum absolute atomic E-state index is 0.0764. The van der Waals surface area contributed by atoms with Crippen LogP contribution in [0.5, 0.6) is 0 Å². The van der Waals surface area contributed by atoms with Crippen molar-refractivity contribution in [2.24, 2.45) is 0 Å². The molecule has 9 heteroatoms. The molecule has 186 valence electrons. The van der Waals surface area contributed by atoms with Crippen LogP contribution in [0.4, 0.5) is 0 Å². The molecule has 0 bridgehead atoms. The summed E-state index contributed by atoms with van der Waals surface area (Å²) < 4.78 is 0. The molecule has 2 N–H and O–H groups in total. The second-order valence-electron chi connectivity index (χ2n) is 8.48. The zero-order valence-corrected chi connectivity index (χ0v) is 20.5. The molecule has 8 nitrogen and oxygen atoms in total. The Morgan fingerprint density at radius 3 is 2.54 bits per heavy atom. The number of fused-ring (bicyclic) bond motifs is 1. The first-order chi connectivity index (χ1) is 17.8. The lowest BCUT2D eigenvalue weighted by atomic mass is 9.95. The molecule has 37 heavy (non-hydrogen) atoms. The highest BCUT2D eigenvalue weighted by atomic mass is 35.5. The lowest BCUT2D eigenvalue weighted by Gasteiger charge is -2.25. The largest absolute Gasteiger partial charge is 0.507 e. The van der Waals surface area contributed by atoms with Gasteiger partial charge in [-0.05, 0) is 48.7 Å². The number of hydrogen-bond donors (Lipinski definition) is 2. The molecule has 1 aliphatic heterocycles. The Morgan fingerprint density at radius 1 is 1.14 bits per heavy atom. The Hall–Kier alpha value is -4.52. The minimum atomic E-state index is -0.697. The molecule has 1 atom stereocenters. The lowest BCUT2D eigenvalue weighted by molar-refractivity contribution is -0.191. The van der Waals surface area contributed by atoms with Crippen LogP contribution in [0, 0.1) is 6.92 Å². The van der Waals surface area contributed by atoms with Crippen molar-refractivity contribution in [1.82, 2.24) is 14.9 Å². The number of aliphatic hydroxyl groups is 1. The van der Waals surface area contributed by atoms with Gasteiger partial charge in [0, 0.05) is 46.6 Å². The average molecular weight is 516 g/mol. The summed E-state index contributed by atoms with van der Waals surface area (Å²) in [4.78, 5) is 51.3. The summed E-state index contributed by atoms with van der Waals surface area (Å²) in [5.74, 6) is -1.54. The topological polar surface area (TPSA) is 120 Å². The maximum Gasteiger partial charge on any atom is 0.373 e. The highest BCUT2D eigenvalue weighted by Crippen LogP contribution is 2.39. The molecule has 1 fully saturated rings. The number of Topliss-reactive ketones (excluding diaryl/α,β-unsaturated/α-hetero) is 1. The number of aliphatic hydroxyl groups excluding tert-OH is 1. The van der Waals surface area contributed by atoms with E-state index in [1.165, 1.54) is 6.20 Å². The number of hydrogen-bond acceptors (Lipinski definition) is 6. The van der Waals surface area contributed by atoms with Gasteiger partial charge in [-0.1, -0.05) is 47.5 Å². The number of amides is 1. The van der Waals surface area contributed by atoms with E-state index in [-0.39, 0.29) is 17.5 Å². The molecule has 1 aliphatic rings. The van der Waals surface area contributed by atoms with Gasteiger partial charge in [-0.3, -0.25) is 14.6 Å². The fraction of sp³-hybridized carbons (Fsp3) is 0.143. The molecule has 5 rings (SSSR count). The van der Waals surface area contributed by atoms with Crippen LogP contribution < -0.4 is 0 Å². The van der Waals surface area contributed by atoms with Crippen LogP contribution in [0.2, 0.25) is 5.02 Å². The fourth-order valence-electron chi connectivity index (χ4n) is 4.47. The molecular weight excluding hydrogens is 494 g/mol. The Morgan fingerprint density at radius 2 is 1.86 bits per heavy atom. The van der Waals surface area contributed by atoms with Crippen LogP contribution in [0.3, 0.4) is 0 Å². The van der Waals surface area contributed by atoms with Crippen molar-refractivity contribution >= 4 is 46.1 Å². The summed E-state index contributed by atoms with van der Waals surface area (Å²) in [6, 6.07) is 15.9. The van der Waals surface area contributed by atoms with Gasteiger partial charge in [0.2, 0.25) is 0 Å². The number of nitrogens with one attached hydrogen (secondary N) is 1. The van der Waals surface area contributed by atoms with Crippen molar-refractivity contribution in [3.63, 3.8) is 0 Å². The number of benzene rings is 2. The standard InChI is InChI=1S/C27H22ClN3O3.CO2/c1-16-4-6-17(7-5-16)24-23(25(32)19-3-2-11-29-14-19)26(33)27(34)31(24)12-10-18-15-30-22-13-20(28)8-9-21(18)22;2-1-3/h2-9,11,13-15,24,30,32H,10,12H2,1H3;. The monoisotopic (exact) mass is 515 g/mol. The normalized spacial score (nSPS) is 16.4. The Labute approximate surface area is 217 Å². The maximum atomic E-state index is 13.2. The van der Waals surface area contributed by atoms with Crippen molar-refractivity contribution in [1.29, 1.82) is 0 Å². The van der Waals surface area contributed by atoms with Gasteiger partial charge in [-0.25, -0.2) is 0 Å². The van der Waals surface area contributed by atoms with Crippen LogP contribution in [-0.4, -0.2) is 44.4 Å². The summed E-state index contributed by atoms with van der Waals surface area (Å²) in [5.41, 5.74) is 4.23. The van der Waals surface area contributed by atoms with E-state index in [4.69, 9.17) is 21.2 Å². The molecule has 3 heterocycles. The molecule has 2 aromatic heterocycles. The number of aromatic amines is 1. The van der Waals surface area contributed by atoms with Crippen molar-refractivity contribution in [3.8, 4) is 0 Å². The zero-order valence-electron chi connectivity index (χ0n) is 19.8. The summed E-state index contributed by atoms with van der Waals surface area (Å²) in [5, 5.41) is 12.7. The highest BCUT2D eigenvalue weighted by Gasteiger charge is 2.45. The van der Waals surface area contributed by atoms with Gasteiger partial charge in [-0.2, -0.15) is 9.59 Å². The molecule has 0 aliphatic carbocycles. The van der Waals surface area contributed by atoms with Crippen molar-refractivity contribution < 1.29 is 24.3 Å². The Balaban J connectivity index is 0.00000102. The van der Waals surface area contributed by atoms with Gasteiger partial charge in [0.05, 0.1) is 11.6 Å².